The second-order valence-corrected chi connectivity index (χ2v) is 4.64. The molecule has 1 saturated heterocycles. The predicted octanol–water partition coefficient (Wildman–Crippen LogP) is -0.650. The number of carbonyl (C=O) groups excluding carboxylic acids is 2. The van der Waals surface area contributed by atoms with Gasteiger partial charge in [-0.05, 0) is 6.42 Å². The third kappa shape index (κ3) is 4.69. The van der Waals surface area contributed by atoms with E-state index in [2.05, 4.69) is 5.32 Å². The monoisotopic (exact) mass is 287 g/mol. The fraction of sp³-hybridized carbons (Fsp3) is 0.750. The number of carboxylic acids is 1. The van der Waals surface area contributed by atoms with E-state index in [1.54, 1.807) is 4.90 Å². The molecule has 0 aliphatic carbocycles. The number of urea groups is 1. The van der Waals surface area contributed by atoms with E-state index in [4.69, 9.17) is 9.84 Å². The van der Waals surface area contributed by atoms with Gasteiger partial charge >= 0.3 is 12.0 Å². The van der Waals surface area contributed by atoms with Crippen molar-refractivity contribution >= 4 is 17.9 Å². The zero-order chi connectivity index (χ0) is 15.1. The smallest absolute Gasteiger partial charge is 0.328 e. The fourth-order valence-corrected chi connectivity index (χ4v) is 2.02. The lowest BCUT2D eigenvalue weighted by Gasteiger charge is -2.23. The average Bonchev–Trinajstić information content (AvgIpc) is 2.63. The number of nitrogens with one attached hydrogen (secondary N) is 1. The maximum Gasteiger partial charge on any atom is 0.328 e. The largest absolute Gasteiger partial charge is 0.480 e. The van der Waals surface area contributed by atoms with Crippen LogP contribution in [0.4, 0.5) is 4.79 Å². The van der Waals surface area contributed by atoms with Gasteiger partial charge in [0.05, 0.1) is 6.61 Å². The van der Waals surface area contributed by atoms with Crippen molar-refractivity contribution in [3.8, 4) is 0 Å². The van der Waals surface area contributed by atoms with Crippen molar-refractivity contribution in [3.63, 3.8) is 0 Å². The number of amides is 3. The highest BCUT2D eigenvalue weighted by Crippen LogP contribution is 2.04. The summed E-state index contributed by atoms with van der Waals surface area (Å²) < 4.78 is 4.76. The van der Waals surface area contributed by atoms with Gasteiger partial charge in [-0.15, -0.1) is 0 Å². The van der Waals surface area contributed by atoms with Gasteiger partial charge in [-0.1, -0.05) is 0 Å². The zero-order valence-corrected chi connectivity index (χ0v) is 11.8. The summed E-state index contributed by atoms with van der Waals surface area (Å²) in [5.74, 6) is -1.16. The molecule has 0 radical (unpaired) electrons. The van der Waals surface area contributed by atoms with Gasteiger partial charge in [0.15, 0.2) is 6.04 Å². The first kappa shape index (κ1) is 16.2. The van der Waals surface area contributed by atoms with Gasteiger partial charge in [0.25, 0.3) is 0 Å². The number of hydrogen-bond donors (Lipinski definition) is 2. The minimum absolute atomic E-state index is 0.0185. The standard InChI is InChI=1S/C12H21N3O5/c1-9(16)14-4-3-5-15(7-6-14)12(19)13-10(8-20-2)11(17)18/h10H,3-8H2,1-2H3,(H,13,19)(H,17,18). The Bertz CT molecular complexity index is 374. The number of ether oxygens (including phenoxy) is 1. The van der Waals surface area contributed by atoms with E-state index in [0.717, 1.165) is 0 Å². The van der Waals surface area contributed by atoms with Crippen LogP contribution in [-0.2, 0) is 14.3 Å². The lowest BCUT2D eigenvalue weighted by atomic mass is 10.3. The third-order valence-corrected chi connectivity index (χ3v) is 3.16. The number of nitrogens with zero attached hydrogens (tertiary/aromatic N) is 2. The molecule has 1 aliphatic rings. The topological polar surface area (TPSA) is 99.2 Å². The van der Waals surface area contributed by atoms with E-state index in [9.17, 15) is 14.4 Å². The zero-order valence-electron chi connectivity index (χ0n) is 11.8. The summed E-state index contributed by atoms with van der Waals surface area (Å²) in [6.07, 6.45) is 0.676. The van der Waals surface area contributed by atoms with E-state index in [1.165, 1.54) is 18.9 Å². The van der Waals surface area contributed by atoms with Crippen LogP contribution in [0.3, 0.4) is 0 Å². The molecular weight excluding hydrogens is 266 g/mol. The summed E-state index contributed by atoms with van der Waals surface area (Å²) in [7, 11) is 1.37. The van der Waals surface area contributed by atoms with E-state index in [1.807, 2.05) is 0 Å². The molecule has 1 unspecified atom stereocenters. The molecule has 0 aromatic carbocycles. The highest BCUT2D eigenvalue weighted by Gasteiger charge is 2.25. The molecule has 1 atom stereocenters. The Morgan fingerprint density at radius 1 is 1.20 bits per heavy atom. The van der Waals surface area contributed by atoms with Gasteiger partial charge in [0, 0.05) is 40.2 Å². The molecule has 114 valence electrons. The summed E-state index contributed by atoms with van der Waals surface area (Å²) in [5, 5.41) is 11.4. The number of carboxylic acid groups (broad SMARTS) is 1. The molecule has 1 aliphatic heterocycles. The van der Waals surface area contributed by atoms with Crippen molar-refractivity contribution in [2.45, 2.75) is 19.4 Å². The van der Waals surface area contributed by atoms with Gasteiger partial charge in [-0.25, -0.2) is 9.59 Å². The van der Waals surface area contributed by atoms with Crippen molar-refractivity contribution in [1.29, 1.82) is 0 Å². The van der Waals surface area contributed by atoms with Gasteiger partial charge < -0.3 is 25.0 Å². The molecule has 20 heavy (non-hydrogen) atoms. The van der Waals surface area contributed by atoms with Gasteiger partial charge in [0.1, 0.15) is 0 Å². The molecule has 2 N–H and O–H groups in total. The Morgan fingerprint density at radius 3 is 2.35 bits per heavy atom. The van der Waals surface area contributed by atoms with E-state index >= 15 is 0 Å². The van der Waals surface area contributed by atoms with Crippen LogP contribution in [0.5, 0.6) is 0 Å². The molecular formula is C12H21N3O5. The predicted molar refractivity (Wildman–Crippen MR) is 70.3 cm³/mol. The Morgan fingerprint density at radius 2 is 1.80 bits per heavy atom. The quantitative estimate of drug-likeness (QED) is 0.716. The fourth-order valence-electron chi connectivity index (χ4n) is 2.02. The van der Waals surface area contributed by atoms with E-state index < -0.39 is 18.0 Å². The SMILES string of the molecule is COCC(NC(=O)N1CCCN(C(C)=O)CC1)C(=O)O. The maximum atomic E-state index is 12.0. The second-order valence-electron chi connectivity index (χ2n) is 4.64. The van der Waals surface area contributed by atoms with Crippen LogP contribution in [0.25, 0.3) is 0 Å². The first-order valence-electron chi connectivity index (χ1n) is 6.48. The molecule has 1 heterocycles. The van der Waals surface area contributed by atoms with Gasteiger partial charge in [-0.3, -0.25) is 4.79 Å². The number of methoxy groups -OCH3 is 1. The van der Waals surface area contributed by atoms with Crippen LogP contribution in [0.1, 0.15) is 13.3 Å². The van der Waals surface area contributed by atoms with Crippen molar-refractivity contribution < 1.29 is 24.2 Å². The molecule has 8 heteroatoms. The molecule has 0 saturated carbocycles. The highest BCUT2D eigenvalue weighted by atomic mass is 16.5. The Labute approximate surface area is 117 Å². The van der Waals surface area contributed by atoms with Crippen LogP contribution in [0.15, 0.2) is 0 Å². The van der Waals surface area contributed by atoms with E-state index in [0.29, 0.717) is 32.6 Å². The summed E-state index contributed by atoms with van der Waals surface area (Å²) in [6, 6.07) is -1.51. The Hall–Kier alpha value is -1.83. The number of hydrogen-bond acceptors (Lipinski definition) is 4. The van der Waals surface area contributed by atoms with Crippen LogP contribution in [0.2, 0.25) is 0 Å². The lowest BCUT2D eigenvalue weighted by Crippen LogP contribution is -2.50. The Balaban J connectivity index is 2.54. The van der Waals surface area contributed by atoms with Crippen molar-refractivity contribution in [2.24, 2.45) is 0 Å². The summed E-state index contributed by atoms with van der Waals surface area (Å²) in [4.78, 5) is 37.5. The van der Waals surface area contributed by atoms with Gasteiger partial charge in [-0.2, -0.15) is 0 Å². The molecule has 3 amide bonds. The van der Waals surface area contributed by atoms with Crippen molar-refractivity contribution in [1.82, 2.24) is 15.1 Å². The molecule has 1 fully saturated rings. The molecule has 0 bridgehead atoms. The Kier molecular flexibility index (Phi) is 6.23. The third-order valence-electron chi connectivity index (χ3n) is 3.16. The minimum atomic E-state index is -1.14. The molecule has 0 spiro atoms. The summed E-state index contributed by atoms with van der Waals surface area (Å²) in [5.41, 5.74) is 0. The second kappa shape index (κ2) is 7.68. The number of aliphatic carboxylic acids is 1. The normalized spacial score (nSPS) is 17.3. The first-order chi connectivity index (χ1) is 9.45. The van der Waals surface area contributed by atoms with Gasteiger partial charge in [0.2, 0.25) is 5.91 Å². The minimum Gasteiger partial charge on any atom is -0.480 e. The first-order valence-corrected chi connectivity index (χ1v) is 6.48. The molecule has 0 aromatic heterocycles. The average molecular weight is 287 g/mol. The van der Waals surface area contributed by atoms with Crippen molar-refractivity contribution in [3.05, 3.63) is 0 Å². The van der Waals surface area contributed by atoms with Crippen LogP contribution in [-0.4, -0.2) is 78.8 Å². The van der Waals surface area contributed by atoms with Crippen LogP contribution >= 0.6 is 0 Å². The molecule has 1 rings (SSSR count). The molecule has 8 nitrogen and oxygen atoms in total. The summed E-state index contributed by atoms with van der Waals surface area (Å²) in [6.45, 7) is 3.37. The van der Waals surface area contributed by atoms with E-state index in [-0.39, 0.29) is 12.5 Å². The maximum absolute atomic E-state index is 12.0. The summed E-state index contributed by atoms with van der Waals surface area (Å²) >= 11 is 0. The number of rotatable bonds is 4. The van der Waals surface area contributed by atoms with Crippen LogP contribution < -0.4 is 5.32 Å². The van der Waals surface area contributed by atoms with Crippen molar-refractivity contribution in [2.75, 3.05) is 39.9 Å². The lowest BCUT2D eigenvalue weighted by molar-refractivity contribution is -0.140. The molecule has 0 aromatic rings. The van der Waals surface area contributed by atoms with Crippen LogP contribution in [0, 0.1) is 0 Å². The number of carbonyl (C=O) groups is 3. The highest BCUT2D eigenvalue weighted by molar-refractivity contribution is 5.82.